The molecule has 0 aromatic heterocycles. The van der Waals surface area contributed by atoms with Crippen molar-refractivity contribution in [2.24, 2.45) is 0 Å². The predicted octanol–water partition coefficient (Wildman–Crippen LogP) is 4.39. The average molecular weight is 186 g/mol. The molecule has 0 fully saturated rings. The molecule has 0 amide bonds. The third-order valence-electron chi connectivity index (χ3n) is 1.79. The van der Waals surface area contributed by atoms with E-state index in [1.807, 2.05) is 19.1 Å². The van der Waals surface area contributed by atoms with Crippen LogP contribution in [-0.2, 0) is 0 Å². The molecule has 0 aliphatic rings. The van der Waals surface area contributed by atoms with Crippen LogP contribution in [0.2, 0.25) is 0 Å². The summed E-state index contributed by atoms with van der Waals surface area (Å²) in [6.07, 6.45) is 4.02. The van der Waals surface area contributed by atoms with E-state index in [0.29, 0.717) is 0 Å². The lowest BCUT2D eigenvalue weighted by molar-refractivity contribution is 1.46. The van der Waals surface area contributed by atoms with Gasteiger partial charge in [-0.2, -0.15) is 0 Å². The van der Waals surface area contributed by atoms with E-state index < -0.39 is 0 Å². The van der Waals surface area contributed by atoms with Crippen molar-refractivity contribution in [1.82, 2.24) is 0 Å². The molecule has 0 N–H and O–H groups in total. The molecular formula is C14H18. The minimum absolute atomic E-state index is 1.07. The van der Waals surface area contributed by atoms with Gasteiger partial charge in [0, 0.05) is 0 Å². The number of hydrogen-bond donors (Lipinski definition) is 0. The topological polar surface area (TPSA) is 0 Å². The summed E-state index contributed by atoms with van der Waals surface area (Å²) in [5.74, 6) is 0. The van der Waals surface area contributed by atoms with Crippen molar-refractivity contribution in [2.45, 2.75) is 13.8 Å². The number of aryl methyl sites for hydroxylation is 1. The first-order valence-electron chi connectivity index (χ1n) is 4.62. The molecule has 74 valence electrons. The summed E-state index contributed by atoms with van der Waals surface area (Å²) in [5.41, 5.74) is 3.54. The quantitative estimate of drug-likeness (QED) is 0.475. The fourth-order valence-electron chi connectivity index (χ4n) is 1.07. The second-order valence-electron chi connectivity index (χ2n) is 2.89. The van der Waals surface area contributed by atoms with Gasteiger partial charge in [-0.15, -0.1) is 13.2 Å². The van der Waals surface area contributed by atoms with Crippen LogP contribution in [0.15, 0.2) is 56.2 Å². The Morgan fingerprint density at radius 3 is 2.07 bits per heavy atom. The predicted molar refractivity (Wildman–Crippen MR) is 66.3 cm³/mol. The maximum absolute atomic E-state index is 3.96. The standard InChI is InChI=1S/C12H14.C2H4/c1-4-5-11(3)12-8-6-10(2)7-9-12;1-2/h4-9H,3H2,1-2H3;1-2H2/b5-4-;. The zero-order valence-electron chi connectivity index (χ0n) is 9.09. The summed E-state index contributed by atoms with van der Waals surface area (Å²) in [6, 6.07) is 8.39. The molecule has 1 rings (SSSR count). The second kappa shape index (κ2) is 6.90. The Morgan fingerprint density at radius 2 is 1.64 bits per heavy atom. The van der Waals surface area contributed by atoms with Gasteiger partial charge < -0.3 is 0 Å². The normalized spacial score (nSPS) is 9.29. The molecule has 0 radical (unpaired) electrons. The van der Waals surface area contributed by atoms with E-state index in [0.717, 1.165) is 5.57 Å². The zero-order valence-corrected chi connectivity index (χ0v) is 9.09. The number of benzene rings is 1. The maximum Gasteiger partial charge on any atom is -0.0190 e. The van der Waals surface area contributed by atoms with E-state index >= 15 is 0 Å². The van der Waals surface area contributed by atoms with Gasteiger partial charge in [-0.05, 0) is 25.0 Å². The lowest BCUT2D eigenvalue weighted by Gasteiger charge is -1.99. The van der Waals surface area contributed by atoms with Gasteiger partial charge in [-0.3, -0.25) is 0 Å². The van der Waals surface area contributed by atoms with E-state index in [4.69, 9.17) is 0 Å². The first-order valence-corrected chi connectivity index (χ1v) is 4.62. The Bertz CT molecular complexity index is 301. The summed E-state index contributed by atoms with van der Waals surface area (Å²) in [4.78, 5) is 0. The van der Waals surface area contributed by atoms with Crippen LogP contribution >= 0.6 is 0 Å². The number of hydrogen-bond acceptors (Lipinski definition) is 0. The van der Waals surface area contributed by atoms with Crippen molar-refractivity contribution >= 4 is 5.57 Å². The highest BCUT2D eigenvalue weighted by atomic mass is 14.0. The highest BCUT2D eigenvalue weighted by Gasteiger charge is 1.92. The zero-order chi connectivity index (χ0) is 11.0. The smallest absolute Gasteiger partial charge is 0.0190 e. The molecule has 14 heavy (non-hydrogen) atoms. The van der Waals surface area contributed by atoms with E-state index in [2.05, 4.69) is 50.9 Å². The molecule has 0 saturated carbocycles. The van der Waals surface area contributed by atoms with Crippen LogP contribution in [0.4, 0.5) is 0 Å². The molecule has 0 unspecified atom stereocenters. The minimum atomic E-state index is 1.07. The van der Waals surface area contributed by atoms with Crippen LogP contribution in [-0.4, -0.2) is 0 Å². The Kier molecular flexibility index (Phi) is 6.13. The second-order valence-corrected chi connectivity index (χ2v) is 2.89. The molecule has 0 atom stereocenters. The van der Waals surface area contributed by atoms with E-state index in [1.165, 1.54) is 11.1 Å². The Labute approximate surface area is 87.3 Å². The molecule has 0 aliphatic carbocycles. The first kappa shape index (κ1) is 12.4. The van der Waals surface area contributed by atoms with Crippen LogP contribution in [0, 0.1) is 6.92 Å². The van der Waals surface area contributed by atoms with Gasteiger partial charge in [0.05, 0.1) is 0 Å². The monoisotopic (exact) mass is 186 g/mol. The number of rotatable bonds is 2. The van der Waals surface area contributed by atoms with Crippen molar-refractivity contribution < 1.29 is 0 Å². The summed E-state index contributed by atoms with van der Waals surface area (Å²) < 4.78 is 0. The highest BCUT2D eigenvalue weighted by Crippen LogP contribution is 2.13. The summed E-state index contributed by atoms with van der Waals surface area (Å²) >= 11 is 0. The molecule has 0 aliphatic heterocycles. The van der Waals surface area contributed by atoms with Gasteiger partial charge >= 0.3 is 0 Å². The Hall–Kier alpha value is -1.56. The van der Waals surface area contributed by atoms with E-state index in [1.54, 1.807) is 0 Å². The van der Waals surface area contributed by atoms with Crippen LogP contribution in [0.3, 0.4) is 0 Å². The van der Waals surface area contributed by atoms with E-state index in [-0.39, 0.29) is 0 Å². The van der Waals surface area contributed by atoms with E-state index in [9.17, 15) is 0 Å². The van der Waals surface area contributed by atoms with Gasteiger partial charge in [0.1, 0.15) is 0 Å². The van der Waals surface area contributed by atoms with Crippen LogP contribution in [0.5, 0.6) is 0 Å². The minimum Gasteiger partial charge on any atom is -0.106 e. The van der Waals surface area contributed by atoms with Crippen molar-refractivity contribution in [3.05, 3.63) is 67.3 Å². The SMILES string of the molecule is C=C.C=C(/C=C\C)c1ccc(C)cc1. The van der Waals surface area contributed by atoms with Crippen molar-refractivity contribution in [3.8, 4) is 0 Å². The Balaban J connectivity index is 0.000000791. The van der Waals surface area contributed by atoms with Gasteiger partial charge in [-0.1, -0.05) is 48.6 Å². The maximum atomic E-state index is 3.96. The molecule has 0 spiro atoms. The molecule has 0 bridgehead atoms. The van der Waals surface area contributed by atoms with Crippen LogP contribution < -0.4 is 0 Å². The molecule has 0 heteroatoms. The fraction of sp³-hybridized carbons (Fsp3) is 0.143. The van der Waals surface area contributed by atoms with Gasteiger partial charge in [-0.25, -0.2) is 0 Å². The van der Waals surface area contributed by atoms with Crippen molar-refractivity contribution in [3.63, 3.8) is 0 Å². The highest BCUT2D eigenvalue weighted by molar-refractivity contribution is 5.71. The third kappa shape index (κ3) is 3.90. The molecule has 0 heterocycles. The molecule has 0 nitrogen and oxygen atoms in total. The van der Waals surface area contributed by atoms with Gasteiger partial charge in [0.25, 0.3) is 0 Å². The van der Waals surface area contributed by atoms with Gasteiger partial charge in [0.15, 0.2) is 0 Å². The third-order valence-corrected chi connectivity index (χ3v) is 1.79. The van der Waals surface area contributed by atoms with Crippen molar-refractivity contribution in [2.75, 3.05) is 0 Å². The summed E-state index contributed by atoms with van der Waals surface area (Å²) in [7, 11) is 0. The fourth-order valence-corrected chi connectivity index (χ4v) is 1.07. The lowest BCUT2D eigenvalue weighted by Crippen LogP contribution is -1.78. The first-order chi connectivity index (χ1) is 6.74. The average Bonchev–Trinajstić information content (AvgIpc) is 2.22. The molecule has 1 aromatic rings. The van der Waals surface area contributed by atoms with Crippen LogP contribution in [0.25, 0.3) is 5.57 Å². The Morgan fingerprint density at radius 1 is 1.14 bits per heavy atom. The molecule has 0 saturated heterocycles. The van der Waals surface area contributed by atoms with Gasteiger partial charge in [0.2, 0.25) is 0 Å². The van der Waals surface area contributed by atoms with Crippen molar-refractivity contribution in [1.29, 1.82) is 0 Å². The largest absolute Gasteiger partial charge is 0.106 e. The lowest BCUT2D eigenvalue weighted by atomic mass is 10.1. The molecule has 1 aromatic carbocycles. The molecular weight excluding hydrogens is 168 g/mol. The number of allylic oxidation sites excluding steroid dienone is 3. The van der Waals surface area contributed by atoms with Crippen LogP contribution in [0.1, 0.15) is 18.1 Å². The summed E-state index contributed by atoms with van der Waals surface area (Å²) in [6.45, 7) is 14.0. The summed E-state index contributed by atoms with van der Waals surface area (Å²) in [5, 5.41) is 0.